The van der Waals surface area contributed by atoms with Gasteiger partial charge in [0.05, 0.1) is 5.69 Å². The predicted octanol–water partition coefficient (Wildman–Crippen LogP) is 3.70. The van der Waals surface area contributed by atoms with E-state index in [2.05, 4.69) is 4.90 Å². The van der Waals surface area contributed by atoms with Gasteiger partial charge in [-0.1, -0.05) is 12.1 Å². The molecule has 0 unspecified atom stereocenters. The Hall–Kier alpha value is -1.56. The van der Waals surface area contributed by atoms with Crippen LogP contribution in [0.25, 0.3) is 0 Å². The lowest BCUT2D eigenvalue weighted by Gasteiger charge is -2.53. The van der Waals surface area contributed by atoms with Crippen LogP contribution in [0, 0.1) is 10.1 Å². The number of rotatable bonds is 3. The van der Waals surface area contributed by atoms with Gasteiger partial charge in [-0.25, -0.2) is 0 Å². The van der Waals surface area contributed by atoms with Crippen molar-refractivity contribution in [1.82, 2.24) is 0 Å². The molecule has 1 aliphatic heterocycles. The second-order valence-electron chi connectivity index (χ2n) is 6.64. The largest absolute Gasteiger partial charge is 0.359 e. The molecule has 6 heteroatoms. The highest BCUT2D eigenvalue weighted by molar-refractivity contribution is 7.93. The summed E-state index contributed by atoms with van der Waals surface area (Å²) in [5.41, 5.74) is 0.0831. The van der Waals surface area contributed by atoms with E-state index in [1.807, 2.05) is 39.8 Å². The van der Waals surface area contributed by atoms with Gasteiger partial charge in [-0.2, -0.15) is 0 Å². The number of ketones is 1. The Morgan fingerprint density at radius 2 is 1.67 bits per heavy atom. The molecule has 1 saturated heterocycles. The van der Waals surface area contributed by atoms with Gasteiger partial charge in [0.2, 0.25) is 0 Å². The lowest BCUT2D eigenvalue weighted by Crippen LogP contribution is -2.61. The van der Waals surface area contributed by atoms with E-state index in [9.17, 15) is 14.9 Å². The zero-order valence-corrected chi connectivity index (χ0v) is 13.6. The standard InChI is InChI=1S/C15H20N2O3S/c1-14(2)9-11(18)10-15(3,4)16(14)12-7-5-6-8-13(12)21-17(19)20/h5-8H,9-10H2,1-4H3. The molecule has 1 aromatic rings. The molecule has 0 radical (unpaired) electrons. The second-order valence-corrected chi connectivity index (χ2v) is 7.56. The maximum atomic E-state index is 12.0. The highest BCUT2D eigenvalue weighted by Crippen LogP contribution is 2.44. The average molecular weight is 308 g/mol. The maximum absolute atomic E-state index is 12.0. The van der Waals surface area contributed by atoms with Crippen LogP contribution in [0.1, 0.15) is 40.5 Å². The average Bonchev–Trinajstić information content (AvgIpc) is 2.26. The predicted molar refractivity (Wildman–Crippen MR) is 84.2 cm³/mol. The first-order chi connectivity index (χ1) is 9.63. The van der Waals surface area contributed by atoms with E-state index in [-0.39, 0.29) is 16.9 Å². The van der Waals surface area contributed by atoms with Gasteiger partial charge in [-0.3, -0.25) is 14.9 Å². The molecule has 0 bridgehead atoms. The lowest BCUT2D eigenvalue weighted by molar-refractivity contribution is -0.284. The molecule has 21 heavy (non-hydrogen) atoms. The van der Waals surface area contributed by atoms with E-state index in [1.165, 1.54) is 0 Å². The molecule has 1 aliphatic rings. The van der Waals surface area contributed by atoms with Crippen LogP contribution < -0.4 is 4.90 Å². The monoisotopic (exact) mass is 308 g/mol. The van der Waals surface area contributed by atoms with Crippen LogP contribution in [-0.2, 0) is 4.79 Å². The molecular formula is C15H20N2O3S. The van der Waals surface area contributed by atoms with E-state index >= 15 is 0 Å². The minimum atomic E-state index is -0.395. The minimum Gasteiger partial charge on any atom is -0.359 e. The number of nitrogens with zero attached hydrogens (tertiary/aromatic N) is 2. The molecule has 0 aliphatic carbocycles. The van der Waals surface area contributed by atoms with Crippen molar-refractivity contribution >= 4 is 23.4 Å². The molecule has 0 aromatic heterocycles. The fourth-order valence-corrected chi connectivity index (χ4v) is 4.01. The SMILES string of the molecule is CC1(C)CC(=O)CC(C)(C)N1c1ccccc1S[N+](=O)[O-]. The highest BCUT2D eigenvalue weighted by Gasteiger charge is 2.45. The Bertz CT molecular complexity index is 564. The van der Waals surface area contributed by atoms with E-state index in [4.69, 9.17) is 0 Å². The molecule has 0 atom stereocenters. The third kappa shape index (κ3) is 3.20. The van der Waals surface area contributed by atoms with Crippen LogP contribution >= 0.6 is 11.9 Å². The van der Waals surface area contributed by atoms with Crippen molar-refractivity contribution in [2.24, 2.45) is 0 Å². The molecule has 0 spiro atoms. The third-order valence-corrected chi connectivity index (χ3v) is 4.44. The summed E-state index contributed by atoms with van der Waals surface area (Å²) in [7, 11) is 0. The van der Waals surface area contributed by atoms with Gasteiger partial charge < -0.3 is 4.90 Å². The van der Waals surface area contributed by atoms with Crippen LogP contribution in [0.15, 0.2) is 29.2 Å². The van der Waals surface area contributed by atoms with Gasteiger partial charge in [-0.05, 0) is 39.8 Å². The van der Waals surface area contributed by atoms with Crippen LogP contribution in [0.2, 0.25) is 0 Å². The summed E-state index contributed by atoms with van der Waals surface area (Å²) in [6.45, 7) is 8.05. The molecular weight excluding hydrogens is 288 g/mol. The number of anilines is 1. The number of piperidine rings is 1. The fourth-order valence-electron chi connectivity index (χ4n) is 3.46. The molecule has 1 aromatic carbocycles. The van der Waals surface area contributed by atoms with Crippen LogP contribution in [0.5, 0.6) is 0 Å². The van der Waals surface area contributed by atoms with Crippen molar-refractivity contribution in [1.29, 1.82) is 0 Å². The highest BCUT2D eigenvalue weighted by atomic mass is 32.2. The van der Waals surface area contributed by atoms with Crippen molar-refractivity contribution < 1.29 is 9.12 Å². The quantitative estimate of drug-likeness (QED) is 0.484. The maximum Gasteiger partial charge on any atom is 0.267 e. The number of hydrogen-bond acceptors (Lipinski definition) is 5. The van der Waals surface area contributed by atoms with Crippen LogP contribution in [0.3, 0.4) is 0 Å². The first kappa shape index (κ1) is 15.8. The number of carbonyl (C=O) groups is 1. The van der Waals surface area contributed by atoms with Gasteiger partial charge in [0, 0.05) is 23.9 Å². The smallest absolute Gasteiger partial charge is 0.267 e. The van der Waals surface area contributed by atoms with E-state index in [0.29, 0.717) is 29.7 Å². The molecule has 0 saturated carbocycles. The van der Waals surface area contributed by atoms with Crippen LogP contribution in [-0.4, -0.2) is 21.2 Å². The number of benzene rings is 1. The zero-order chi connectivity index (χ0) is 15.8. The number of para-hydroxylation sites is 1. The third-order valence-electron chi connectivity index (χ3n) is 3.75. The molecule has 0 N–H and O–H groups in total. The fraction of sp³-hybridized carbons (Fsp3) is 0.533. The van der Waals surface area contributed by atoms with E-state index < -0.39 is 4.33 Å². The second kappa shape index (κ2) is 5.33. The van der Waals surface area contributed by atoms with Crippen molar-refractivity contribution in [3.05, 3.63) is 34.4 Å². The van der Waals surface area contributed by atoms with E-state index in [0.717, 1.165) is 5.69 Å². The number of carbonyl (C=O) groups excluding carboxylic acids is 1. The summed E-state index contributed by atoms with van der Waals surface area (Å²) in [6.07, 6.45) is 0.905. The Morgan fingerprint density at radius 3 is 2.19 bits per heavy atom. The summed E-state index contributed by atoms with van der Waals surface area (Å²) < 4.78 is -0.395. The molecule has 5 nitrogen and oxygen atoms in total. The van der Waals surface area contributed by atoms with Gasteiger partial charge in [-0.15, -0.1) is 0 Å². The first-order valence-electron chi connectivity index (χ1n) is 6.87. The molecule has 1 heterocycles. The van der Waals surface area contributed by atoms with E-state index in [1.54, 1.807) is 12.1 Å². The minimum absolute atomic E-state index is 0.237. The summed E-state index contributed by atoms with van der Waals surface area (Å²) in [6, 6.07) is 7.32. The van der Waals surface area contributed by atoms with Gasteiger partial charge in [0.1, 0.15) is 15.0 Å². The Kier molecular flexibility index (Phi) is 4.02. The summed E-state index contributed by atoms with van der Waals surface area (Å²) >= 11 is 0.617. The normalized spacial score (nSPS) is 20.4. The van der Waals surface area contributed by atoms with Gasteiger partial charge in [0.25, 0.3) is 11.9 Å². The van der Waals surface area contributed by atoms with Crippen molar-refractivity contribution in [3.8, 4) is 0 Å². The summed E-state index contributed by atoms with van der Waals surface area (Å²) in [5.74, 6) is 0.237. The Balaban J connectivity index is 2.53. The topological polar surface area (TPSA) is 63.5 Å². The molecule has 0 amide bonds. The molecule has 1 fully saturated rings. The van der Waals surface area contributed by atoms with Gasteiger partial charge >= 0.3 is 0 Å². The summed E-state index contributed by atoms with van der Waals surface area (Å²) in [5, 5.41) is 10.9. The number of Topliss-reactive ketones (excluding diaryl/α,β-unsaturated/α-hetero) is 1. The zero-order valence-electron chi connectivity index (χ0n) is 12.8. The summed E-state index contributed by atoms with van der Waals surface area (Å²) in [4.78, 5) is 25.6. The van der Waals surface area contributed by atoms with Crippen LogP contribution in [0.4, 0.5) is 5.69 Å². The Morgan fingerprint density at radius 1 is 1.14 bits per heavy atom. The molecule has 114 valence electrons. The number of nitro groups is 1. The van der Waals surface area contributed by atoms with Crippen molar-refractivity contribution in [2.75, 3.05) is 4.90 Å². The van der Waals surface area contributed by atoms with Crippen molar-refractivity contribution in [2.45, 2.75) is 56.5 Å². The van der Waals surface area contributed by atoms with Crippen molar-refractivity contribution in [3.63, 3.8) is 0 Å². The lowest BCUT2D eigenvalue weighted by atomic mass is 9.78. The number of hydrogen-bond donors (Lipinski definition) is 0. The Labute approximate surface area is 129 Å². The van der Waals surface area contributed by atoms with Gasteiger partial charge in [0.15, 0.2) is 0 Å². The molecule has 2 rings (SSSR count). The first-order valence-corrected chi connectivity index (χ1v) is 7.64.